The molecule has 1 aromatic carbocycles. The third-order valence-corrected chi connectivity index (χ3v) is 3.50. The summed E-state index contributed by atoms with van der Waals surface area (Å²) in [5.74, 6) is 0.917. The molecule has 0 aliphatic heterocycles. The summed E-state index contributed by atoms with van der Waals surface area (Å²) < 4.78 is 2.00. The highest BCUT2D eigenvalue weighted by Crippen LogP contribution is 2.11. The Hall–Kier alpha value is -2.63. The number of imidazole rings is 2. The van der Waals surface area contributed by atoms with Crippen LogP contribution in [0.5, 0.6) is 0 Å². The van der Waals surface area contributed by atoms with Crippen LogP contribution in [0.1, 0.15) is 18.7 Å². The number of aromatic amines is 1. The van der Waals surface area contributed by atoms with E-state index in [4.69, 9.17) is 0 Å². The van der Waals surface area contributed by atoms with Crippen molar-refractivity contribution in [3.8, 4) is 0 Å². The fraction of sp³-hybridized carbons (Fsp3) is 0.312. The lowest BCUT2D eigenvalue weighted by atomic mass is 10.3. The predicted octanol–water partition coefficient (Wildman–Crippen LogP) is 1.90. The Bertz CT molecular complexity index is 699. The maximum Gasteiger partial charge on any atom is 0.220 e. The Morgan fingerprint density at radius 3 is 3.05 bits per heavy atom. The monoisotopic (exact) mass is 297 g/mol. The minimum Gasteiger partial charge on any atom is -0.356 e. The average Bonchev–Trinajstić information content (AvgIpc) is 3.18. The quantitative estimate of drug-likeness (QED) is 0.654. The zero-order valence-electron chi connectivity index (χ0n) is 12.3. The first-order valence-corrected chi connectivity index (χ1v) is 7.47. The summed E-state index contributed by atoms with van der Waals surface area (Å²) in [6.45, 7) is 1.54. The molecule has 0 saturated carbocycles. The van der Waals surface area contributed by atoms with Gasteiger partial charge in [0.15, 0.2) is 0 Å². The van der Waals surface area contributed by atoms with E-state index in [1.807, 2.05) is 35.0 Å². The lowest BCUT2D eigenvalue weighted by molar-refractivity contribution is -0.121. The fourth-order valence-corrected chi connectivity index (χ4v) is 2.35. The molecule has 0 unspecified atom stereocenters. The van der Waals surface area contributed by atoms with Crippen LogP contribution < -0.4 is 5.32 Å². The van der Waals surface area contributed by atoms with Crippen LogP contribution in [-0.2, 0) is 17.8 Å². The molecule has 0 fully saturated rings. The summed E-state index contributed by atoms with van der Waals surface area (Å²) in [4.78, 5) is 23.5. The summed E-state index contributed by atoms with van der Waals surface area (Å²) in [7, 11) is 0. The molecule has 3 rings (SSSR count). The number of para-hydroxylation sites is 2. The van der Waals surface area contributed by atoms with Crippen LogP contribution in [0.2, 0.25) is 0 Å². The lowest BCUT2D eigenvalue weighted by Gasteiger charge is -2.05. The van der Waals surface area contributed by atoms with Gasteiger partial charge >= 0.3 is 0 Å². The summed E-state index contributed by atoms with van der Waals surface area (Å²) >= 11 is 0. The highest BCUT2D eigenvalue weighted by molar-refractivity contribution is 5.77. The maximum atomic E-state index is 11.8. The first-order valence-electron chi connectivity index (χ1n) is 7.47. The molecule has 1 amide bonds. The summed E-state index contributed by atoms with van der Waals surface area (Å²) in [5.41, 5.74) is 1.96. The molecule has 6 heteroatoms. The molecule has 0 radical (unpaired) electrons. The number of nitrogens with one attached hydrogen (secondary N) is 2. The van der Waals surface area contributed by atoms with Crippen molar-refractivity contribution in [1.29, 1.82) is 0 Å². The maximum absolute atomic E-state index is 11.8. The largest absolute Gasteiger partial charge is 0.356 e. The van der Waals surface area contributed by atoms with E-state index < -0.39 is 0 Å². The van der Waals surface area contributed by atoms with Crippen LogP contribution in [0.15, 0.2) is 43.0 Å². The Labute approximate surface area is 128 Å². The SMILES string of the molecule is O=C(CCc1nc2ccccc2[nH]1)NCCCn1ccnc1. The second-order valence-corrected chi connectivity index (χ2v) is 5.20. The number of rotatable bonds is 7. The minimum atomic E-state index is 0.0612. The van der Waals surface area contributed by atoms with E-state index in [1.54, 1.807) is 12.5 Å². The number of carbonyl (C=O) groups is 1. The third kappa shape index (κ3) is 3.72. The molecule has 2 N–H and O–H groups in total. The van der Waals surface area contributed by atoms with Gasteiger partial charge in [-0.05, 0) is 18.6 Å². The topological polar surface area (TPSA) is 75.6 Å². The van der Waals surface area contributed by atoms with Crippen molar-refractivity contribution in [3.63, 3.8) is 0 Å². The number of hydrogen-bond acceptors (Lipinski definition) is 3. The lowest BCUT2D eigenvalue weighted by Crippen LogP contribution is -2.25. The van der Waals surface area contributed by atoms with E-state index in [2.05, 4.69) is 20.3 Å². The zero-order chi connectivity index (χ0) is 15.2. The molecule has 114 valence electrons. The average molecular weight is 297 g/mol. The van der Waals surface area contributed by atoms with Crippen molar-refractivity contribution in [2.45, 2.75) is 25.8 Å². The molecule has 0 spiro atoms. The van der Waals surface area contributed by atoms with Gasteiger partial charge in [0.05, 0.1) is 17.4 Å². The molecule has 0 aliphatic carbocycles. The summed E-state index contributed by atoms with van der Waals surface area (Å²) in [5, 5.41) is 2.93. The van der Waals surface area contributed by atoms with E-state index in [0.717, 1.165) is 29.8 Å². The highest BCUT2D eigenvalue weighted by Gasteiger charge is 2.05. The van der Waals surface area contributed by atoms with Crippen molar-refractivity contribution < 1.29 is 4.79 Å². The Balaban J connectivity index is 1.38. The van der Waals surface area contributed by atoms with Gasteiger partial charge in [0.2, 0.25) is 5.91 Å². The van der Waals surface area contributed by atoms with Gasteiger partial charge in [-0.3, -0.25) is 4.79 Å². The first-order chi connectivity index (χ1) is 10.8. The number of aryl methyl sites for hydroxylation is 2. The number of H-pyrrole nitrogens is 1. The van der Waals surface area contributed by atoms with E-state index in [0.29, 0.717) is 19.4 Å². The second-order valence-electron chi connectivity index (χ2n) is 5.20. The molecule has 0 bridgehead atoms. The van der Waals surface area contributed by atoms with Gasteiger partial charge < -0.3 is 14.9 Å². The van der Waals surface area contributed by atoms with Crippen molar-refractivity contribution >= 4 is 16.9 Å². The molecular formula is C16H19N5O. The highest BCUT2D eigenvalue weighted by atomic mass is 16.1. The molecule has 0 aliphatic rings. The summed E-state index contributed by atoms with van der Waals surface area (Å²) in [6.07, 6.45) is 7.43. The van der Waals surface area contributed by atoms with Gasteiger partial charge in [0, 0.05) is 38.3 Å². The fourth-order valence-electron chi connectivity index (χ4n) is 2.35. The molecule has 0 saturated heterocycles. The van der Waals surface area contributed by atoms with E-state index in [-0.39, 0.29) is 5.91 Å². The number of fused-ring (bicyclic) bond motifs is 1. The predicted molar refractivity (Wildman–Crippen MR) is 84.3 cm³/mol. The third-order valence-electron chi connectivity index (χ3n) is 3.50. The summed E-state index contributed by atoms with van der Waals surface area (Å²) in [6, 6.07) is 7.88. The van der Waals surface area contributed by atoms with E-state index >= 15 is 0 Å². The number of benzene rings is 1. The van der Waals surface area contributed by atoms with E-state index in [1.165, 1.54) is 0 Å². The van der Waals surface area contributed by atoms with Crippen molar-refractivity contribution in [3.05, 3.63) is 48.8 Å². The first kappa shape index (κ1) is 14.3. The van der Waals surface area contributed by atoms with E-state index in [9.17, 15) is 4.79 Å². The van der Waals surface area contributed by atoms with Crippen molar-refractivity contribution in [2.75, 3.05) is 6.54 Å². The van der Waals surface area contributed by atoms with Crippen molar-refractivity contribution in [1.82, 2.24) is 24.8 Å². The molecule has 2 aromatic heterocycles. The normalized spacial score (nSPS) is 10.9. The number of hydrogen-bond donors (Lipinski definition) is 2. The van der Waals surface area contributed by atoms with Crippen LogP contribution in [0.3, 0.4) is 0 Å². The van der Waals surface area contributed by atoms with Crippen molar-refractivity contribution in [2.24, 2.45) is 0 Å². The minimum absolute atomic E-state index is 0.0612. The van der Waals surface area contributed by atoms with Crippen LogP contribution >= 0.6 is 0 Å². The molecular weight excluding hydrogens is 278 g/mol. The zero-order valence-corrected chi connectivity index (χ0v) is 12.3. The molecule has 6 nitrogen and oxygen atoms in total. The molecule has 2 heterocycles. The van der Waals surface area contributed by atoms with Gasteiger partial charge in [-0.25, -0.2) is 9.97 Å². The van der Waals surface area contributed by atoms with Crippen LogP contribution in [0.4, 0.5) is 0 Å². The van der Waals surface area contributed by atoms with Crippen LogP contribution in [0, 0.1) is 0 Å². The molecule has 22 heavy (non-hydrogen) atoms. The second kappa shape index (κ2) is 6.89. The number of aromatic nitrogens is 4. The van der Waals surface area contributed by atoms with Gasteiger partial charge in [0.1, 0.15) is 5.82 Å². The van der Waals surface area contributed by atoms with Gasteiger partial charge in [-0.2, -0.15) is 0 Å². The molecule has 3 aromatic rings. The number of amides is 1. The Morgan fingerprint density at radius 2 is 2.23 bits per heavy atom. The van der Waals surface area contributed by atoms with Gasteiger partial charge in [-0.1, -0.05) is 12.1 Å². The van der Waals surface area contributed by atoms with Gasteiger partial charge in [0.25, 0.3) is 0 Å². The Kier molecular flexibility index (Phi) is 4.48. The number of carbonyl (C=O) groups excluding carboxylic acids is 1. The van der Waals surface area contributed by atoms with Gasteiger partial charge in [-0.15, -0.1) is 0 Å². The van der Waals surface area contributed by atoms with Crippen LogP contribution in [-0.4, -0.2) is 32.0 Å². The smallest absolute Gasteiger partial charge is 0.220 e. The van der Waals surface area contributed by atoms with Crippen LogP contribution in [0.25, 0.3) is 11.0 Å². The number of nitrogens with zero attached hydrogens (tertiary/aromatic N) is 3. The Morgan fingerprint density at radius 1 is 1.32 bits per heavy atom. The molecule has 0 atom stereocenters. The standard InChI is InChI=1S/C16H19N5O/c22-16(18-8-3-10-21-11-9-17-12-21)7-6-15-19-13-4-1-2-5-14(13)20-15/h1-2,4-5,9,11-12H,3,6-8,10H2,(H,18,22)(H,19,20).